The Hall–Kier alpha value is -3.39. The van der Waals surface area contributed by atoms with E-state index in [1.807, 2.05) is 58.2 Å². The van der Waals surface area contributed by atoms with Crippen LogP contribution in [0.3, 0.4) is 0 Å². The average molecular weight is 382 g/mol. The fourth-order valence-corrected chi connectivity index (χ4v) is 4.26. The van der Waals surface area contributed by atoms with Gasteiger partial charge in [0.05, 0.1) is 23.0 Å². The SMILES string of the molecule is N#Cc1ccc(C2CCC2)c(C(=O)N2CCc3nn(-c4ccccc4)cc3C2)c1. The van der Waals surface area contributed by atoms with E-state index >= 15 is 0 Å². The zero-order valence-corrected chi connectivity index (χ0v) is 16.2. The zero-order chi connectivity index (χ0) is 19.8. The summed E-state index contributed by atoms with van der Waals surface area (Å²) in [7, 11) is 0. The van der Waals surface area contributed by atoms with Crippen molar-refractivity contribution in [1.82, 2.24) is 14.7 Å². The number of aromatic nitrogens is 2. The minimum atomic E-state index is 0.0297. The monoisotopic (exact) mass is 382 g/mol. The van der Waals surface area contributed by atoms with Gasteiger partial charge in [-0.2, -0.15) is 10.4 Å². The van der Waals surface area contributed by atoms with Crippen molar-refractivity contribution in [3.05, 3.63) is 82.7 Å². The Bertz CT molecular complexity index is 1110. The summed E-state index contributed by atoms with van der Waals surface area (Å²) in [5, 5.41) is 14.0. The highest BCUT2D eigenvalue weighted by molar-refractivity contribution is 5.96. The second-order valence-electron chi connectivity index (χ2n) is 7.90. The van der Waals surface area contributed by atoms with Crippen molar-refractivity contribution >= 4 is 5.91 Å². The standard InChI is InChI=1S/C24H22N4O/c25-14-17-9-10-21(18-5-4-6-18)22(13-17)24(29)27-12-11-23-19(15-27)16-28(26-23)20-7-2-1-3-8-20/h1-3,7-10,13,16,18H,4-6,11-12,15H2. The van der Waals surface area contributed by atoms with Crippen LogP contribution in [0.5, 0.6) is 0 Å². The van der Waals surface area contributed by atoms with E-state index < -0.39 is 0 Å². The van der Waals surface area contributed by atoms with Crippen LogP contribution in [0.4, 0.5) is 0 Å². The maximum absolute atomic E-state index is 13.4. The van der Waals surface area contributed by atoms with Gasteiger partial charge in [-0.1, -0.05) is 30.7 Å². The molecule has 144 valence electrons. The van der Waals surface area contributed by atoms with Crippen LogP contribution in [0.1, 0.15) is 57.9 Å². The summed E-state index contributed by atoms with van der Waals surface area (Å²) in [5.41, 5.74) is 5.52. The number of hydrogen-bond donors (Lipinski definition) is 0. The van der Waals surface area contributed by atoms with Crippen LogP contribution >= 0.6 is 0 Å². The van der Waals surface area contributed by atoms with E-state index in [4.69, 9.17) is 5.10 Å². The Morgan fingerprint density at radius 3 is 2.69 bits per heavy atom. The highest BCUT2D eigenvalue weighted by Crippen LogP contribution is 2.39. The number of para-hydroxylation sites is 1. The highest BCUT2D eigenvalue weighted by Gasteiger charge is 2.29. The molecule has 29 heavy (non-hydrogen) atoms. The van der Waals surface area contributed by atoms with Crippen LogP contribution in [-0.4, -0.2) is 27.1 Å². The molecule has 1 aromatic heterocycles. The van der Waals surface area contributed by atoms with E-state index in [0.29, 0.717) is 30.1 Å². The second kappa shape index (κ2) is 7.21. The third-order valence-corrected chi connectivity index (χ3v) is 6.12. The van der Waals surface area contributed by atoms with Crippen molar-refractivity contribution in [1.29, 1.82) is 5.26 Å². The molecular formula is C24H22N4O. The Morgan fingerprint density at radius 1 is 1.14 bits per heavy atom. The topological polar surface area (TPSA) is 61.9 Å². The molecule has 2 heterocycles. The molecule has 1 saturated carbocycles. The van der Waals surface area contributed by atoms with Gasteiger partial charge in [-0.3, -0.25) is 4.79 Å². The van der Waals surface area contributed by atoms with Gasteiger partial charge >= 0.3 is 0 Å². The third-order valence-electron chi connectivity index (χ3n) is 6.12. The number of fused-ring (bicyclic) bond motifs is 1. The molecule has 2 aliphatic rings. The van der Waals surface area contributed by atoms with Crippen LogP contribution < -0.4 is 0 Å². The van der Waals surface area contributed by atoms with Crippen molar-refractivity contribution < 1.29 is 4.79 Å². The van der Waals surface area contributed by atoms with Crippen LogP contribution in [0.25, 0.3) is 5.69 Å². The summed E-state index contributed by atoms with van der Waals surface area (Å²) < 4.78 is 1.90. The van der Waals surface area contributed by atoms with E-state index in [1.54, 1.807) is 6.07 Å². The minimum Gasteiger partial charge on any atom is -0.334 e. The van der Waals surface area contributed by atoms with Crippen molar-refractivity contribution in [2.45, 2.75) is 38.1 Å². The summed E-state index contributed by atoms with van der Waals surface area (Å²) in [6.45, 7) is 1.21. The molecule has 0 N–H and O–H groups in total. The molecule has 0 unspecified atom stereocenters. The first-order chi connectivity index (χ1) is 14.2. The zero-order valence-electron chi connectivity index (χ0n) is 16.2. The number of carbonyl (C=O) groups is 1. The molecule has 0 spiro atoms. The lowest BCUT2D eigenvalue weighted by atomic mass is 9.77. The van der Waals surface area contributed by atoms with E-state index in [-0.39, 0.29) is 5.91 Å². The Kier molecular flexibility index (Phi) is 4.40. The maximum Gasteiger partial charge on any atom is 0.254 e. The number of carbonyl (C=O) groups excluding carboxylic acids is 1. The number of benzene rings is 2. The molecule has 0 bridgehead atoms. The van der Waals surface area contributed by atoms with Crippen LogP contribution in [0, 0.1) is 11.3 Å². The van der Waals surface area contributed by atoms with Gasteiger partial charge in [0.15, 0.2) is 0 Å². The average Bonchev–Trinajstić information content (AvgIpc) is 3.16. The Labute approximate surface area is 170 Å². The second-order valence-corrected chi connectivity index (χ2v) is 7.90. The normalized spacial score (nSPS) is 16.0. The van der Waals surface area contributed by atoms with Gasteiger partial charge in [-0.15, -0.1) is 0 Å². The molecule has 0 saturated heterocycles. The molecule has 0 atom stereocenters. The molecular weight excluding hydrogens is 360 g/mol. The number of hydrogen-bond acceptors (Lipinski definition) is 3. The van der Waals surface area contributed by atoms with Crippen molar-refractivity contribution in [3.8, 4) is 11.8 Å². The summed E-state index contributed by atoms with van der Waals surface area (Å²) in [5.74, 6) is 0.477. The third kappa shape index (κ3) is 3.21. The Morgan fingerprint density at radius 2 is 1.97 bits per heavy atom. The fraction of sp³-hybridized carbons (Fsp3) is 0.292. The van der Waals surface area contributed by atoms with Crippen LogP contribution in [0.15, 0.2) is 54.7 Å². The van der Waals surface area contributed by atoms with Gasteiger partial charge in [0.25, 0.3) is 5.91 Å². The van der Waals surface area contributed by atoms with Gasteiger partial charge < -0.3 is 4.90 Å². The molecule has 5 heteroatoms. The van der Waals surface area contributed by atoms with Gasteiger partial charge in [0.1, 0.15) is 0 Å². The summed E-state index contributed by atoms with van der Waals surface area (Å²) in [6, 6.07) is 17.8. The fourth-order valence-electron chi connectivity index (χ4n) is 4.26. The largest absolute Gasteiger partial charge is 0.334 e. The van der Waals surface area contributed by atoms with Gasteiger partial charge in [0, 0.05) is 36.8 Å². The van der Waals surface area contributed by atoms with Crippen LogP contribution in [0.2, 0.25) is 0 Å². The first-order valence-corrected chi connectivity index (χ1v) is 10.2. The lowest BCUT2D eigenvalue weighted by Crippen LogP contribution is -2.36. The molecule has 1 aliphatic heterocycles. The van der Waals surface area contributed by atoms with Crippen molar-refractivity contribution in [3.63, 3.8) is 0 Å². The quantitative estimate of drug-likeness (QED) is 0.682. The van der Waals surface area contributed by atoms with E-state index in [9.17, 15) is 10.1 Å². The van der Waals surface area contributed by atoms with Gasteiger partial charge in [-0.05, 0) is 48.6 Å². The molecule has 1 fully saturated rings. The molecule has 1 amide bonds. The Balaban J connectivity index is 1.43. The molecule has 1 aliphatic carbocycles. The summed E-state index contributed by atoms with van der Waals surface area (Å²) in [6.07, 6.45) is 6.24. The highest BCUT2D eigenvalue weighted by atomic mass is 16.2. The molecule has 5 rings (SSSR count). The lowest BCUT2D eigenvalue weighted by Gasteiger charge is -2.31. The summed E-state index contributed by atoms with van der Waals surface area (Å²) in [4.78, 5) is 15.3. The van der Waals surface area contributed by atoms with Crippen LogP contribution in [-0.2, 0) is 13.0 Å². The number of nitriles is 1. The molecule has 5 nitrogen and oxygen atoms in total. The number of rotatable bonds is 3. The maximum atomic E-state index is 13.4. The van der Waals surface area contributed by atoms with E-state index in [1.165, 1.54) is 6.42 Å². The summed E-state index contributed by atoms with van der Waals surface area (Å²) >= 11 is 0. The lowest BCUT2D eigenvalue weighted by molar-refractivity contribution is 0.0732. The number of nitrogens with zero attached hydrogens (tertiary/aromatic N) is 4. The molecule has 2 aromatic carbocycles. The van der Waals surface area contributed by atoms with Gasteiger partial charge in [0.2, 0.25) is 0 Å². The van der Waals surface area contributed by atoms with E-state index in [2.05, 4.69) is 6.07 Å². The van der Waals surface area contributed by atoms with Gasteiger partial charge in [-0.25, -0.2) is 4.68 Å². The minimum absolute atomic E-state index is 0.0297. The first kappa shape index (κ1) is 17.7. The van der Waals surface area contributed by atoms with Crippen molar-refractivity contribution in [2.24, 2.45) is 0 Å². The predicted molar refractivity (Wildman–Crippen MR) is 110 cm³/mol. The smallest absolute Gasteiger partial charge is 0.254 e. The predicted octanol–water partition coefficient (Wildman–Crippen LogP) is 4.21. The molecule has 0 radical (unpaired) electrons. The first-order valence-electron chi connectivity index (χ1n) is 10.2. The number of amides is 1. The van der Waals surface area contributed by atoms with E-state index in [0.717, 1.165) is 41.8 Å². The molecule has 3 aromatic rings. The van der Waals surface area contributed by atoms with Crippen molar-refractivity contribution in [2.75, 3.05) is 6.54 Å².